The van der Waals surface area contributed by atoms with Gasteiger partial charge in [0.25, 0.3) is 10.2 Å². The lowest BCUT2D eigenvalue weighted by molar-refractivity contribution is -0.147. The maximum absolute atomic E-state index is 12.5. The van der Waals surface area contributed by atoms with Crippen LogP contribution in [0, 0.1) is 0 Å². The van der Waals surface area contributed by atoms with Gasteiger partial charge in [-0.15, -0.1) is 0 Å². The molecule has 1 saturated carbocycles. The third-order valence-electron chi connectivity index (χ3n) is 4.38. The van der Waals surface area contributed by atoms with Gasteiger partial charge in [0.15, 0.2) is 0 Å². The molecule has 6 nitrogen and oxygen atoms in total. The Labute approximate surface area is 124 Å². The van der Waals surface area contributed by atoms with Crippen molar-refractivity contribution in [3.8, 4) is 0 Å². The quantitative estimate of drug-likeness (QED) is 0.864. The van der Waals surface area contributed by atoms with Gasteiger partial charge >= 0.3 is 5.97 Å². The molecule has 1 aliphatic heterocycles. The zero-order valence-electron chi connectivity index (χ0n) is 11.6. The molecule has 1 heterocycles. The highest BCUT2D eigenvalue weighted by Crippen LogP contribution is 2.33. The van der Waals surface area contributed by atoms with Crippen LogP contribution < -0.4 is 4.72 Å². The molecule has 114 valence electrons. The van der Waals surface area contributed by atoms with Crippen molar-refractivity contribution in [2.45, 2.75) is 37.8 Å². The van der Waals surface area contributed by atoms with Gasteiger partial charge < -0.3 is 5.11 Å². The van der Waals surface area contributed by atoms with Crippen LogP contribution in [0.4, 0.5) is 0 Å². The van der Waals surface area contributed by atoms with E-state index in [2.05, 4.69) is 4.72 Å². The van der Waals surface area contributed by atoms with E-state index in [1.54, 1.807) is 0 Å². The first-order chi connectivity index (χ1) is 9.93. The molecule has 2 aliphatic rings. The van der Waals surface area contributed by atoms with Crippen molar-refractivity contribution < 1.29 is 18.3 Å². The van der Waals surface area contributed by atoms with Crippen LogP contribution >= 0.6 is 0 Å². The van der Waals surface area contributed by atoms with Crippen LogP contribution in [0.1, 0.15) is 30.4 Å². The molecule has 0 saturated heterocycles. The van der Waals surface area contributed by atoms with Gasteiger partial charge in [0.05, 0.1) is 0 Å². The van der Waals surface area contributed by atoms with Crippen LogP contribution in [-0.2, 0) is 28.0 Å². The van der Waals surface area contributed by atoms with Crippen LogP contribution in [-0.4, -0.2) is 35.9 Å². The summed E-state index contributed by atoms with van der Waals surface area (Å²) >= 11 is 0. The van der Waals surface area contributed by atoms with Crippen molar-refractivity contribution >= 4 is 16.2 Å². The highest BCUT2D eigenvalue weighted by Gasteiger charge is 2.48. The number of carboxylic acid groups (broad SMARTS) is 1. The number of carbonyl (C=O) groups is 1. The summed E-state index contributed by atoms with van der Waals surface area (Å²) in [6, 6.07) is 7.73. The molecule has 3 rings (SSSR count). The minimum Gasteiger partial charge on any atom is -0.480 e. The lowest BCUT2D eigenvalue weighted by atomic mass is 9.78. The summed E-state index contributed by atoms with van der Waals surface area (Å²) in [5, 5.41) is 9.26. The number of hydrogen-bond acceptors (Lipinski definition) is 3. The molecule has 1 aliphatic carbocycles. The summed E-state index contributed by atoms with van der Waals surface area (Å²) < 4.78 is 28.7. The van der Waals surface area contributed by atoms with Gasteiger partial charge in [-0.25, -0.2) is 0 Å². The summed E-state index contributed by atoms with van der Waals surface area (Å²) in [6.07, 6.45) is 2.09. The lowest BCUT2D eigenvalue weighted by Gasteiger charge is -2.40. The largest absolute Gasteiger partial charge is 0.480 e. The second-order valence-electron chi connectivity index (χ2n) is 5.70. The summed E-state index contributed by atoms with van der Waals surface area (Å²) in [4.78, 5) is 11.3. The molecular formula is C14H18N2O4S. The van der Waals surface area contributed by atoms with Gasteiger partial charge in [0, 0.05) is 13.1 Å². The van der Waals surface area contributed by atoms with E-state index in [1.807, 2.05) is 24.3 Å². The number of nitrogens with zero attached hydrogens (tertiary/aromatic N) is 1. The minimum absolute atomic E-state index is 0.293. The average molecular weight is 310 g/mol. The topological polar surface area (TPSA) is 86.7 Å². The van der Waals surface area contributed by atoms with E-state index in [-0.39, 0.29) is 0 Å². The molecule has 0 amide bonds. The Morgan fingerprint density at radius 2 is 1.90 bits per heavy atom. The molecular weight excluding hydrogens is 292 g/mol. The molecule has 21 heavy (non-hydrogen) atoms. The highest BCUT2D eigenvalue weighted by molar-refractivity contribution is 7.87. The number of nitrogens with one attached hydrogen (secondary N) is 1. The zero-order valence-corrected chi connectivity index (χ0v) is 12.4. The van der Waals surface area contributed by atoms with Gasteiger partial charge in [-0.3, -0.25) is 4.79 Å². The zero-order chi connectivity index (χ0) is 15.1. The molecule has 7 heteroatoms. The van der Waals surface area contributed by atoms with Gasteiger partial charge in [-0.05, 0) is 36.8 Å². The van der Waals surface area contributed by atoms with Crippen molar-refractivity contribution in [2.24, 2.45) is 0 Å². The second kappa shape index (κ2) is 5.08. The van der Waals surface area contributed by atoms with Crippen molar-refractivity contribution in [1.29, 1.82) is 0 Å². The number of benzene rings is 1. The van der Waals surface area contributed by atoms with Gasteiger partial charge in [-0.1, -0.05) is 24.3 Å². The van der Waals surface area contributed by atoms with Crippen LogP contribution in [0.3, 0.4) is 0 Å². The third kappa shape index (κ3) is 2.56. The Morgan fingerprint density at radius 1 is 1.24 bits per heavy atom. The standard InChI is InChI=1S/C14H18N2O4S/c17-13(18)14(7-3-8-14)15-21(19,20)16-9-6-11-4-1-2-5-12(11)10-16/h1-2,4-5,15H,3,6-10H2,(H,17,18). The molecule has 2 N–H and O–H groups in total. The third-order valence-corrected chi connectivity index (χ3v) is 6.02. The van der Waals surface area contributed by atoms with E-state index in [0.29, 0.717) is 32.4 Å². The predicted molar refractivity (Wildman–Crippen MR) is 76.8 cm³/mol. The summed E-state index contributed by atoms with van der Waals surface area (Å²) in [5.74, 6) is -1.09. The highest BCUT2D eigenvalue weighted by atomic mass is 32.2. The average Bonchev–Trinajstić information content (AvgIpc) is 2.42. The maximum atomic E-state index is 12.5. The van der Waals surface area contributed by atoms with E-state index < -0.39 is 21.7 Å². The Hall–Kier alpha value is -1.44. The number of hydrogen-bond donors (Lipinski definition) is 2. The molecule has 0 bridgehead atoms. The first-order valence-electron chi connectivity index (χ1n) is 7.02. The molecule has 1 fully saturated rings. The fraction of sp³-hybridized carbons (Fsp3) is 0.500. The van der Waals surface area contributed by atoms with Crippen molar-refractivity contribution in [2.75, 3.05) is 6.54 Å². The summed E-state index contributed by atoms with van der Waals surface area (Å²) in [5.41, 5.74) is 0.822. The van der Waals surface area contributed by atoms with Crippen molar-refractivity contribution in [1.82, 2.24) is 9.03 Å². The van der Waals surface area contributed by atoms with E-state index in [9.17, 15) is 18.3 Å². The number of fused-ring (bicyclic) bond motifs is 1. The molecule has 0 atom stereocenters. The minimum atomic E-state index is -3.79. The SMILES string of the molecule is O=C(O)C1(NS(=O)(=O)N2CCc3ccccc3C2)CCC1. The van der Waals surface area contributed by atoms with E-state index in [1.165, 1.54) is 4.31 Å². The fourth-order valence-corrected chi connectivity index (χ4v) is 4.43. The van der Waals surface area contributed by atoms with Crippen LogP contribution in [0.2, 0.25) is 0 Å². The Kier molecular flexibility index (Phi) is 3.51. The van der Waals surface area contributed by atoms with Crippen LogP contribution in [0.5, 0.6) is 0 Å². The maximum Gasteiger partial charge on any atom is 0.324 e. The number of carboxylic acids is 1. The van der Waals surface area contributed by atoms with Gasteiger partial charge in [0.1, 0.15) is 5.54 Å². The first kappa shape index (κ1) is 14.5. The summed E-state index contributed by atoms with van der Waals surface area (Å²) in [7, 11) is -3.79. The Morgan fingerprint density at radius 3 is 2.48 bits per heavy atom. The molecule has 0 unspecified atom stereocenters. The van der Waals surface area contributed by atoms with Crippen molar-refractivity contribution in [3.63, 3.8) is 0 Å². The normalized spacial score (nSPS) is 21.3. The van der Waals surface area contributed by atoms with E-state index in [4.69, 9.17) is 0 Å². The molecule has 0 aromatic heterocycles. The lowest BCUT2D eigenvalue weighted by Crippen LogP contribution is -2.61. The fourth-order valence-electron chi connectivity index (χ4n) is 2.88. The molecule has 0 spiro atoms. The first-order valence-corrected chi connectivity index (χ1v) is 8.46. The smallest absolute Gasteiger partial charge is 0.324 e. The molecule has 1 aromatic carbocycles. The van der Waals surface area contributed by atoms with Gasteiger partial charge in [0.2, 0.25) is 0 Å². The van der Waals surface area contributed by atoms with Gasteiger partial charge in [-0.2, -0.15) is 17.4 Å². The predicted octanol–water partition coefficient (Wildman–Crippen LogP) is 0.886. The number of rotatable bonds is 4. The van der Waals surface area contributed by atoms with Crippen molar-refractivity contribution in [3.05, 3.63) is 35.4 Å². The summed E-state index contributed by atoms with van der Waals surface area (Å²) in [6.45, 7) is 0.670. The second-order valence-corrected chi connectivity index (χ2v) is 7.37. The molecule has 1 aromatic rings. The number of aliphatic carboxylic acids is 1. The Bertz CT molecular complexity index is 667. The van der Waals surface area contributed by atoms with E-state index in [0.717, 1.165) is 17.5 Å². The van der Waals surface area contributed by atoms with Crippen LogP contribution in [0.15, 0.2) is 24.3 Å². The van der Waals surface area contributed by atoms with E-state index >= 15 is 0 Å². The Balaban J connectivity index is 1.79. The molecule has 0 radical (unpaired) electrons. The van der Waals surface area contributed by atoms with Crippen LogP contribution in [0.25, 0.3) is 0 Å². The monoisotopic (exact) mass is 310 g/mol.